The van der Waals surface area contributed by atoms with E-state index in [1.165, 1.54) is 6.21 Å². The first-order valence-electron chi connectivity index (χ1n) is 5.68. The number of nitrogens with one attached hydrogen (secondary N) is 1. The Morgan fingerprint density at radius 3 is 2.41 bits per heavy atom. The second-order valence-corrected chi connectivity index (χ2v) is 3.89. The van der Waals surface area contributed by atoms with Gasteiger partial charge in [0, 0.05) is 25.4 Å². The molecule has 0 saturated carbocycles. The zero-order valence-electron chi connectivity index (χ0n) is 10.4. The van der Waals surface area contributed by atoms with Crippen molar-refractivity contribution >= 4 is 23.4 Å². The molecule has 0 spiro atoms. The lowest BCUT2D eigenvalue weighted by molar-refractivity contribution is -0.116. The molecule has 1 rings (SSSR count). The van der Waals surface area contributed by atoms with Crippen molar-refractivity contribution in [2.45, 2.75) is 20.3 Å². The maximum Gasteiger partial charge on any atom is 0.223 e. The smallest absolute Gasteiger partial charge is 0.223 e. The highest BCUT2D eigenvalue weighted by atomic mass is 16.2. The molecule has 0 unspecified atom stereocenters. The number of anilines is 1. The molecule has 0 aromatic heterocycles. The summed E-state index contributed by atoms with van der Waals surface area (Å²) in [5.41, 5.74) is 2.46. The maximum absolute atomic E-state index is 11.5. The zero-order valence-corrected chi connectivity index (χ0v) is 10.4. The summed E-state index contributed by atoms with van der Waals surface area (Å²) in [6.07, 6.45) is 2.15. The van der Waals surface area contributed by atoms with Crippen LogP contribution in [0.3, 0.4) is 0 Å². The quantitative estimate of drug-likeness (QED) is 0.776. The number of carbonyl (C=O) groups is 1. The van der Waals surface area contributed by atoms with Crippen LogP contribution in [-0.2, 0) is 4.79 Å². The minimum atomic E-state index is 0.0467. The molecule has 90 valence electrons. The van der Waals surface area contributed by atoms with Gasteiger partial charge in [0.15, 0.2) is 0 Å². The average molecular weight is 230 g/mol. The highest BCUT2D eigenvalue weighted by Crippen LogP contribution is 2.18. The highest BCUT2D eigenvalue weighted by Gasteiger charge is 2.09. The molecule has 0 bridgehead atoms. The van der Waals surface area contributed by atoms with Crippen LogP contribution in [0.4, 0.5) is 5.69 Å². The van der Waals surface area contributed by atoms with Crippen LogP contribution in [0.2, 0.25) is 0 Å². The second-order valence-electron chi connectivity index (χ2n) is 3.89. The molecule has 0 saturated heterocycles. The van der Waals surface area contributed by atoms with Crippen LogP contribution in [-0.4, -0.2) is 18.7 Å². The molecule has 0 aliphatic rings. The number of carbonyl (C=O) groups excluding carboxylic acids is 1. The second kappa shape index (κ2) is 5.99. The van der Waals surface area contributed by atoms with E-state index in [9.17, 15) is 4.79 Å². The fourth-order valence-electron chi connectivity index (χ4n) is 1.63. The lowest BCUT2D eigenvalue weighted by Gasteiger charge is -2.20. The van der Waals surface area contributed by atoms with Crippen LogP contribution in [0, 0.1) is 5.41 Å². The Bertz CT molecular complexity index is 420. The monoisotopic (exact) mass is 230 g/mol. The predicted octanol–water partition coefficient (Wildman–Crippen LogP) is 3.11. The van der Waals surface area contributed by atoms with Gasteiger partial charge in [-0.25, -0.2) is 0 Å². The van der Waals surface area contributed by atoms with Gasteiger partial charge in [0.05, 0.1) is 0 Å². The van der Waals surface area contributed by atoms with E-state index in [1.54, 1.807) is 11.8 Å². The summed E-state index contributed by atoms with van der Waals surface area (Å²) in [5.74, 6) is 0.0467. The lowest BCUT2D eigenvalue weighted by Crippen LogP contribution is -2.28. The molecule has 1 amide bonds. The molecule has 0 atom stereocenters. The van der Waals surface area contributed by atoms with E-state index in [-0.39, 0.29) is 5.91 Å². The molecule has 1 N–H and O–H groups in total. The van der Waals surface area contributed by atoms with E-state index in [0.717, 1.165) is 24.2 Å². The molecule has 1 aromatic rings. The van der Waals surface area contributed by atoms with Gasteiger partial charge in [-0.3, -0.25) is 4.79 Å². The molecule has 0 fully saturated rings. The zero-order chi connectivity index (χ0) is 12.8. The Hall–Kier alpha value is -1.90. The lowest BCUT2D eigenvalue weighted by atomic mass is 10.1. The molecule has 0 radical (unpaired) electrons. The van der Waals surface area contributed by atoms with Crippen molar-refractivity contribution in [3.8, 4) is 0 Å². The van der Waals surface area contributed by atoms with Crippen LogP contribution < -0.4 is 4.90 Å². The fourth-order valence-corrected chi connectivity index (χ4v) is 1.63. The Kier molecular flexibility index (Phi) is 4.64. The number of hydrogen-bond acceptors (Lipinski definition) is 2. The Morgan fingerprint density at radius 1 is 1.41 bits per heavy atom. The molecule has 0 aliphatic carbocycles. The summed E-state index contributed by atoms with van der Waals surface area (Å²) >= 11 is 0. The summed E-state index contributed by atoms with van der Waals surface area (Å²) < 4.78 is 0. The topological polar surface area (TPSA) is 44.2 Å². The summed E-state index contributed by atoms with van der Waals surface area (Å²) in [6, 6.07) is 7.55. The highest BCUT2D eigenvalue weighted by molar-refractivity contribution is 6.07. The van der Waals surface area contributed by atoms with E-state index in [2.05, 4.69) is 6.58 Å². The van der Waals surface area contributed by atoms with E-state index in [1.807, 2.05) is 31.2 Å². The van der Waals surface area contributed by atoms with Gasteiger partial charge in [0.1, 0.15) is 0 Å². The predicted molar refractivity (Wildman–Crippen MR) is 72.6 cm³/mol. The van der Waals surface area contributed by atoms with Gasteiger partial charge in [-0.1, -0.05) is 25.6 Å². The summed E-state index contributed by atoms with van der Waals surface area (Å²) in [6.45, 7) is 8.10. The normalized spacial score (nSPS) is 9.76. The van der Waals surface area contributed by atoms with E-state index >= 15 is 0 Å². The summed E-state index contributed by atoms with van der Waals surface area (Å²) in [7, 11) is 0. The van der Waals surface area contributed by atoms with Crippen LogP contribution in [0.5, 0.6) is 0 Å². The van der Waals surface area contributed by atoms with Crippen molar-refractivity contribution in [1.29, 1.82) is 5.41 Å². The first-order chi connectivity index (χ1) is 8.10. The molecule has 0 aliphatic heterocycles. The number of amides is 1. The number of hydrogen-bond donors (Lipinski definition) is 1. The molecule has 3 nitrogen and oxygen atoms in total. The summed E-state index contributed by atoms with van der Waals surface area (Å²) in [4.78, 5) is 13.2. The largest absolute Gasteiger partial charge is 0.313 e. The van der Waals surface area contributed by atoms with E-state index in [4.69, 9.17) is 5.41 Å². The summed E-state index contributed by atoms with van der Waals surface area (Å²) in [5, 5.41) is 7.13. The Balaban J connectivity index is 2.95. The van der Waals surface area contributed by atoms with Crippen molar-refractivity contribution in [2.24, 2.45) is 0 Å². The van der Waals surface area contributed by atoms with Crippen LogP contribution in [0.15, 0.2) is 30.8 Å². The van der Waals surface area contributed by atoms with E-state index in [0.29, 0.717) is 5.57 Å². The third-order valence-electron chi connectivity index (χ3n) is 2.55. The Morgan fingerprint density at radius 2 is 2.00 bits per heavy atom. The maximum atomic E-state index is 11.5. The molecule has 3 heteroatoms. The Labute approximate surface area is 102 Å². The number of nitrogens with zero attached hydrogens (tertiary/aromatic N) is 1. The van der Waals surface area contributed by atoms with Crippen molar-refractivity contribution in [3.63, 3.8) is 0 Å². The van der Waals surface area contributed by atoms with Crippen LogP contribution in [0.1, 0.15) is 25.8 Å². The third-order valence-corrected chi connectivity index (χ3v) is 2.55. The first kappa shape index (κ1) is 13.2. The van der Waals surface area contributed by atoms with Gasteiger partial charge < -0.3 is 10.3 Å². The molecule has 17 heavy (non-hydrogen) atoms. The van der Waals surface area contributed by atoms with Gasteiger partial charge >= 0.3 is 0 Å². The van der Waals surface area contributed by atoms with Gasteiger partial charge in [-0.05, 0) is 29.7 Å². The molecule has 0 heterocycles. The SMILES string of the molecule is C=C(C=N)c1ccc(N(CCC)C(C)=O)cc1. The molecular weight excluding hydrogens is 212 g/mol. The number of allylic oxidation sites excluding steroid dienone is 1. The van der Waals surface area contributed by atoms with Crippen molar-refractivity contribution in [2.75, 3.05) is 11.4 Å². The molecular formula is C14H18N2O. The van der Waals surface area contributed by atoms with E-state index < -0.39 is 0 Å². The van der Waals surface area contributed by atoms with Gasteiger partial charge in [0.25, 0.3) is 0 Å². The first-order valence-corrected chi connectivity index (χ1v) is 5.68. The number of rotatable bonds is 5. The average Bonchev–Trinajstić information content (AvgIpc) is 2.35. The fraction of sp³-hybridized carbons (Fsp3) is 0.286. The van der Waals surface area contributed by atoms with Crippen LogP contribution in [0.25, 0.3) is 5.57 Å². The van der Waals surface area contributed by atoms with Gasteiger partial charge in [0.2, 0.25) is 5.91 Å². The van der Waals surface area contributed by atoms with Crippen LogP contribution >= 0.6 is 0 Å². The van der Waals surface area contributed by atoms with Crippen molar-refractivity contribution in [1.82, 2.24) is 0 Å². The number of benzene rings is 1. The standard InChI is InChI=1S/C14H18N2O/c1-4-9-16(12(3)17)14-7-5-13(6-8-14)11(2)10-15/h5-8,10,15H,2,4,9H2,1,3H3. The third kappa shape index (κ3) is 3.28. The van der Waals surface area contributed by atoms with Gasteiger partial charge in [-0.2, -0.15) is 0 Å². The van der Waals surface area contributed by atoms with Gasteiger partial charge in [-0.15, -0.1) is 0 Å². The minimum Gasteiger partial charge on any atom is -0.313 e. The minimum absolute atomic E-state index is 0.0467. The van der Waals surface area contributed by atoms with Crippen molar-refractivity contribution in [3.05, 3.63) is 36.4 Å². The molecule has 1 aromatic carbocycles. The van der Waals surface area contributed by atoms with Crippen molar-refractivity contribution < 1.29 is 4.79 Å².